The third-order valence-corrected chi connectivity index (χ3v) is 3.46. The Balaban J connectivity index is 2.31. The maximum atomic E-state index is 5.82. The highest BCUT2D eigenvalue weighted by molar-refractivity contribution is 9.10. The van der Waals surface area contributed by atoms with E-state index in [0.29, 0.717) is 5.15 Å². The molecule has 0 unspecified atom stereocenters. The summed E-state index contributed by atoms with van der Waals surface area (Å²) in [6, 6.07) is 9.72. The molecular formula is C12H10BrClN2. The lowest BCUT2D eigenvalue weighted by atomic mass is 10.2. The van der Waals surface area contributed by atoms with Crippen molar-refractivity contribution in [1.82, 2.24) is 4.98 Å². The molecule has 16 heavy (non-hydrogen) atoms. The fourth-order valence-electron chi connectivity index (χ4n) is 1.38. The van der Waals surface area contributed by atoms with Crippen LogP contribution < -0.4 is 5.32 Å². The van der Waals surface area contributed by atoms with E-state index in [1.807, 2.05) is 18.2 Å². The summed E-state index contributed by atoms with van der Waals surface area (Å²) in [6.45, 7) is 2.05. The van der Waals surface area contributed by atoms with Crippen LogP contribution in [0.1, 0.15) is 5.56 Å². The number of hydrogen-bond donors (Lipinski definition) is 1. The van der Waals surface area contributed by atoms with Crippen molar-refractivity contribution in [2.45, 2.75) is 6.92 Å². The molecule has 0 atom stereocenters. The van der Waals surface area contributed by atoms with E-state index in [-0.39, 0.29) is 0 Å². The van der Waals surface area contributed by atoms with Crippen LogP contribution in [0.4, 0.5) is 11.4 Å². The second kappa shape index (κ2) is 4.85. The van der Waals surface area contributed by atoms with Gasteiger partial charge in [-0.1, -0.05) is 23.7 Å². The number of anilines is 2. The number of benzene rings is 1. The number of aryl methyl sites for hydroxylation is 1. The van der Waals surface area contributed by atoms with Crippen molar-refractivity contribution in [2.24, 2.45) is 0 Å². The van der Waals surface area contributed by atoms with Gasteiger partial charge in [0.15, 0.2) is 0 Å². The van der Waals surface area contributed by atoms with E-state index in [1.165, 1.54) is 5.56 Å². The zero-order valence-corrected chi connectivity index (χ0v) is 11.0. The van der Waals surface area contributed by atoms with Gasteiger partial charge in [-0.2, -0.15) is 0 Å². The summed E-state index contributed by atoms with van der Waals surface area (Å²) in [5, 5.41) is 3.76. The molecule has 0 bridgehead atoms. The third kappa shape index (κ3) is 2.54. The monoisotopic (exact) mass is 296 g/mol. The van der Waals surface area contributed by atoms with Gasteiger partial charge in [0.25, 0.3) is 0 Å². The van der Waals surface area contributed by atoms with Crippen molar-refractivity contribution in [3.05, 3.63) is 51.7 Å². The Hall–Kier alpha value is -1.06. The number of rotatable bonds is 2. The van der Waals surface area contributed by atoms with Gasteiger partial charge in [-0.05, 0) is 46.6 Å². The molecule has 0 amide bonds. The lowest BCUT2D eigenvalue weighted by Crippen LogP contribution is -1.92. The molecule has 0 aliphatic carbocycles. The molecule has 82 valence electrons. The van der Waals surface area contributed by atoms with Gasteiger partial charge in [0.1, 0.15) is 5.15 Å². The summed E-state index contributed by atoms with van der Waals surface area (Å²) >= 11 is 9.36. The predicted molar refractivity (Wildman–Crippen MR) is 71.4 cm³/mol. The normalized spacial score (nSPS) is 10.2. The van der Waals surface area contributed by atoms with Gasteiger partial charge in [0.05, 0.1) is 5.69 Å². The van der Waals surface area contributed by atoms with Gasteiger partial charge in [0, 0.05) is 16.4 Å². The van der Waals surface area contributed by atoms with Crippen LogP contribution in [0.2, 0.25) is 5.15 Å². The van der Waals surface area contributed by atoms with Crippen LogP contribution in [0.5, 0.6) is 0 Å². The molecule has 2 rings (SSSR count). The second-order valence-electron chi connectivity index (χ2n) is 3.43. The fourth-order valence-corrected chi connectivity index (χ4v) is 1.92. The smallest absolute Gasteiger partial charge is 0.131 e. The van der Waals surface area contributed by atoms with E-state index in [2.05, 4.69) is 39.2 Å². The van der Waals surface area contributed by atoms with Crippen LogP contribution in [0.25, 0.3) is 0 Å². The van der Waals surface area contributed by atoms with E-state index >= 15 is 0 Å². The number of nitrogens with one attached hydrogen (secondary N) is 1. The van der Waals surface area contributed by atoms with Crippen LogP contribution in [0.15, 0.2) is 41.0 Å². The molecule has 4 heteroatoms. The molecule has 0 fully saturated rings. The van der Waals surface area contributed by atoms with E-state index in [1.54, 1.807) is 12.3 Å². The first-order valence-electron chi connectivity index (χ1n) is 4.80. The Kier molecular flexibility index (Phi) is 3.46. The van der Waals surface area contributed by atoms with E-state index in [9.17, 15) is 0 Å². The number of nitrogens with zero attached hydrogens (tertiary/aromatic N) is 1. The minimum atomic E-state index is 0.480. The molecule has 0 aliphatic rings. The average molecular weight is 298 g/mol. The summed E-state index contributed by atoms with van der Waals surface area (Å²) in [6.07, 6.45) is 1.67. The summed E-state index contributed by atoms with van der Waals surface area (Å²) in [5.41, 5.74) is 3.12. The molecule has 1 aromatic heterocycles. The molecule has 1 aromatic carbocycles. The quantitative estimate of drug-likeness (QED) is 0.823. The zero-order valence-electron chi connectivity index (χ0n) is 8.67. The second-order valence-corrected chi connectivity index (χ2v) is 4.61. The van der Waals surface area contributed by atoms with Crippen molar-refractivity contribution in [2.75, 3.05) is 5.32 Å². The minimum Gasteiger partial charge on any atom is -0.354 e. The molecule has 0 spiro atoms. The molecule has 2 aromatic rings. The molecule has 0 radical (unpaired) electrons. The Morgan fingerprint density at radius 3 is 2.88 bits per heavy atom. The van der Waals surface area contributed by atoms with Gasteiger partial charge >= 0.3 is 0 Å². The molecule has 1 heterocycles. The summed E-state index contributed by atoms with van der Waals surface area (Å²) in [4.78, 5) is 3.94. The van der Waals surface area contributed by atoms with Gasteiger partial charge in [-0.3, -0.25) is 0 Å². The Morgan fingerprint density at radius 2 is 2.12 bits per heavy atom. The summed E-state index contributed by atoms with van der Waals surface area (Å²) in [7, 11) is 0. The van der Waals surface area contributed by atoms with Gasteiger partial charge in [-0.15, -0.1) is 0 Å². The third-order valence-electron chi connectivity index (χ3n) is 2.20. The van der Waals surface area contributed by atoms with Crippen molar-refractivity contribution in [3.63, 3.8) is 0 Å². The fraction of sp³-hybridized carbons (Fsp3) is 0.0833. The molecule has 0 saturated heterocycles. The Morgan fingerprint density at radius 1 is 1.31 bits per heavy atom. The van der Waals surface area contributed by atoms with Crippen LogP contribution >= 0.6 is 27.5 Å². The average Bonchev–Trinajstić information content (AvgIpc) is 2.25. The number of pyridine rings is 1. The van der Waals surface area contributed by atoms with Crippen molar-refractivity contribution in [1.29, 1.82) is 0 Å². The lowest BCUT2D eigenvalue weighted by molar-refractivity contribution is 1.32. The van der Waals surface area contributed by atoms with Gasteiger partial charge < -0.3 is 5.32 Å². The largest absolute Gasteiger partial charge is 0.354 e. The Labute approximate surface area is 108 Å². The molecular weight excluding hydrogens is 288 g/mol. The molecule has 0 saturated carbocycles. The van der Waals surface area contributed by atoms with Crippen molar-refractivity contribution in [3.8, 4) is 0 Å². The highest BCUT2D eigenvalue weighted by Crippen LogP contribution is 2.28. The van der Waals surface area contributed by atoms with Crippen LogP contribution in [0, 0.1) is 6.92 Å². The predicted octanol–water partition coefficient (Wildman–Crippen LogP) is 4.55. The highest BCUT2D eigenvalue weighted by atomic mass is 79.9. The zero-order chi connectivity index (χ0) is 11.5. The van der Waals surface area contributed by atoms with E-state index in [4.69, 9.17) is 11.6 Å². The topological polar surface area (TPSA) is 24.9 Å². The standard InChI is InChI=1S/C12H10BrClN2/c1-8-3-2-4-10(12(8)13)16-9-5-6-15-11(14)7-9/h2-7H,1H3,(H,15,16). The number of hydrogen-bond acceptors (Lipinski definition) is 2. The lowest BCUT2D eigenvalue weighted by Gasteiger charge is -2.10. The molecule has 0 aliphatic heterocycles. The summed E-state index contributed by atoms with van der Waals surface area (Å²) < 4.78 is 1.06. The highest BCUT2D eigenvalue weighted by Gasteiger charge is 2.02. The maximum Gasteiger partial charge on any atom is 0.131 e. The first-order valence-corrected chi connectivity index (χ1v) is 5.97. The summed E-state index contributed by atoms with van der Waals surface area (Å²) in [5.74, 6) is 0. The Bertz CT molecular complexity index is 514. The minimum absolute atomic E-state index is 0.480. The molecule has 2 nitrogen and oxygen atoms in total. The van der Waals surface area contributed by atoms with Crippen LogP contribution in [-0.4, -0.2) is 4.98 Å². The number of aromatic nitrogens is 1. The SMILES string of the molecule is Cc1cccc(Nc2ccnc(Cl)c2)c1Br. The maximum absolute atomic E-state index is 5.82. The first-order chi connectivity index (χ1) is 7.66. The van der Waals surface area contributed by atoms with Crippen LogP contribution in [-0.2, 0) is 0 Å². The molecule has 1 N–H and O–H groups in total. The van der Waals surface area contributed by atoms with Crippen molar-refractivity contribution >= 4 is 38.9 Å². The van der Waals surface area contributed by atoms with E-state index in [0.717, 1.165) is 15.8 Å². The van der Waals surface area contributed by atoms with Gasteiger partial charge in [-0.25, -0.2) is 4.98 Å². The van der Waals surface area contributed by atoms with Gasteiger partial charge in [0.2, 0.25) is 0 Å². The first kappa shape index (κ1) is 11.4. The van der Waals surface area contributed by atoms with E-state index < -0.39 is 0 Å². The number of halogens is 2. The van der Waals surface area contributed by atoms with Crippen LogP contribution in [0.3, 0.4) is 0 Å². The van der Waals surface area contributed by atoms with Crippen molar-refractivity contribution < 1.29 is 0 Å².